The molecule has 4 rings (SSSR count). The average molecular weight is 382 g/mol. The topological polar surface area (TPSA) is 93.2 Å². The Morgan fingerprint density at radius 2 is 2.12 bits per heavy atom. The Balaban J connectivity index is 1.65. The summed E-state index contributed by atoms with van der Waals surface area (Å²) in [5.74, 6) is -0.149. The van der Waals surface area contributed by atoms with Gasteiger partial charge in [-0.15, -0.1) is 0 Å². The van der Waals surface area contributed by atoms with E-state index >= 15 is 0 Å². The van der Waals surface area contributed by atoms with Crippen molar-refractivity contribution in [1.82, 2.24) is 24.2 Å². The minimum atomic E-state index is -1.01. The van der Waals surface area contributed by atoms with E-state index in [1.54, 1.807) is 12.1 Å². The summed E-state index contributed by atoms with van der Waals surface area (Å²) in [5.41, 5.74) is 0.0819. The Kier molecular flexibility index (Phi) is 4.28. The SMILES string of the molecule is O=C(C1CCC(O)c2nn(Cc3ccc(Cl)cn3)c(=O)n21)N1CC(F)C1. The molecule has 2 aliphatic heterocycles. The van der Waals surface area contributed by atoms with Crippen LogP contribution in [0.5, 0.6) is 0 Å². The van der Waals surface area contributed by atoms with E-state index in [1.165, 1.54) is 20.3 Å². The van der Waals surface area contributed by atoms with E-state index in [4.69, 9.17) is 11.6 Å². The Hall–Kier alpha value is -2.26. The lowest BCUT2D eigenvalue weighted by Crippen LogP contribution is -2.54. The Morgan fingerprint density at radius 3 is 2.77 bits per heavy atom. The first-order chi connectivity index (χ1) is 12.4. The van der Waals surface area contributed by atoms with Crippen LogP contribution in [-0.2, 0) is 11.3 Å². The Bertz CT molecular complexity index is 890. The predicted octanol–water partition coefficient (Wildman–Crippen LogP) is 0.690. The van der Waals surface area contributed by atoms with Crippen molar-refractivity contribution in [2.24, 2.45) is 0 Å². The minimum absolute atomic E-state index is 0.0464. The lowest BCUT2D eigenvalue weighted by molar-refractivity contribution is -0.143. The molecule has 0 radical (unpaired) electrons. The van der Waals surface area contributed by atoms with Crippen LogP contribution in [0.15, 0.2) is 23.1 Å². The number of alkyl halides is 1. The summed E-state index contributed by atoms with van der Waals surface area (Å²) < 4.78 is 15.5. The quantitative estimate of drug-likeness (QED) is 0.844. The van der Waals surface area contributed by atoms with Crippen molar-refractivity contribution in [3.63, 3.8) is 0 Å². The fourth-order valence-corrected chi connectivity index (χ4v) is 3.45. The molecule has 0 spiro atoms. The zero-order valence-electron chi connectivity index (χ0n) is 13.8. The van der Waals surface area contributed by atoms with Gasteiger partial charge < -0.3 is 10.0 Å². The number of fused-ring (bicyclic) bond motifs is 1. The summed E-state index contributed by atoms with van der Waals surface area (Å²) in [6.07, 6.45) is 0.167. The third kappa shape index (κ3) is 2.90. The van der Waals surface area contributed by atoms with E-state index in [9.17, 15) is 19.1 Å². The van der Waals surface area contributed by atoms with Crippen LogP contribution < -0.4 is 5.69 Å². The first kappa shape index (κ1) is 17.2. The van der Waals surface area contributed by atoms with Crippen LogP contribution in [0.2, 0.25) is 5.02 Å². The van der Waals surface area contributed by atoms with E-state index in [0.717, 1.165) is 0 Å². The van der Waals surface area contributed by atoms with Crippen LogP contribution in [0.25, 0.3) is 0 Å². The third-order valence-corrected chi connectivity index (χ3v) is 4.98. The molecule has 2 atom stereocenters. The molecule has 2 unspecified atom stereocenters. The van der Waals surface area contributed by atoms with Crippen LogP contribution in [-0.4, -0.2) is 54.5 Å². The lowest BCUT2D eigenvalue weighted by atomic mass is 9.99. The highest BCUT2D eigenvalue weighted by Gasteiger charge is 2.40. The maximum absolute atomic E-state index is 13.1. The summed E-state index contributed by atoms with van der Waals surface area (Å²) in [7, 11) is 0. The van der Waals surface area contributed by atoms with Crippen molar-refractivity contribution >= 4 is 17.5 Å². The fraction of sp³-hybridized carbons (Fsp3) is 0.500. The van der Waals surface area contributed by atoms with Gasteiger partial charge in [0, 0.05) is 6.20 Å². The van der Waals surface area contributed by atoms with Gasteiger partial charge in [-0.25, -0.2) is 13.9 Å². The smallest absolute Gasteiger partial charge is 0.347 e. The minimum Gasteiger partial charge on any atom is -0.385 e. The summed E-state index contributed by atoms with van der Waals surface area (Å²) >= 11 is 5.81. The Morgan fingerprint density at radius 1 is 1.35 bits per heavy atom. The average Bonchev–Trinajstić information content (AvgIpc) is 2.92. The molecule has 1 fully saturated rings. The van der Waals surface area contributed by atoms with Crippen molar-refractivity contribution in [2.45, 2.75) is 37.7 Å². The van der Waals surface area contributed by atoms with E-state index in [2.05, 4.69) is 10.1 Å². The number of pyridine rings is 1. The largest absolute Gasteiger partial charge is 0.385 e. The van der Waals surface area contributed by atoms with Gasteiger partial charge in [0.25, 0.3) is 0 Å². The molecule has 4 heterocycles. The molecule has 1 N–H and O–H groups in total. The number of aliphatic hydroxyl groups is 1. The molecule has 10 heteroatoms. The first-order valence-corrected chi connectivity index (χ1v) is 8.72. The molecular weight excluding hydrogens is 365 g/mol. The number of aliphatic hydroxyl groups excluding tert-OH is 1. The van der Waals surface area contributed by atoms with Gasteiger partial charge in [-0.3, -0.25) is 14.3 Å². The molecule has 2 aromatic rings. The van der Waals surface area contributed by atoms with Crippen molar-refractivity contribution < 1.29 is 14.3 Å². The van der Waals surface area contributed by atoms with Crippen molar-refractivity contribution in [2.75, 3.05) is 13.1 Å². The molecule has 0 bridgehead atoms. The number of carbonyl (C=O) groups is 1. The number of rotatable bonds is 3. The maximum Gasteiger partial charge on any atom is 0.347 e. The molecule has 138 valence electrons. The van der Waals surface area contributed by atoms with Gasteiger partial charge in [-0.1, -0.05) is 11.6 Å². The number of hydrogen-bond donors (Lipinski definition) is 1. The molecule has 0 aliphatic carbocycles. The summed E-state index contributed by atoms with van der Waals surface area (Å²) in [6, 6.07) is 2.57. The number of hydrogen-bond acceptors (Lipinski definition) is 5. The molecule has 8 nitrogen and oxygen atoms in total. The fourth-order valence-electron chi connectivity index (χ4n) is 3.34. The second-order valence-corrected chi connectivity index (χ2v) is 7.02. The highest BCUT2D eigenvalue weighted by atomic mass is 35.5. The zero-order valence-corrected chi connectivity index (χ0v) is 14.5. The predicted molar refractivity (Wildman–Crippen MR) is 89.5 cm³/mol. The van der Waals surface area contributed by atoms with E-state index in [-0.39, 0.29) is 31.4 Å². The maximum atomic E-state index is 13.1. The highest BCUT2D eigenvalue weighted by Crippen LogP contribution is 2.31. The number of likely N-dealkylation sites (tertiary alicyclic amines) is 1. The van der Waals surface area contributed by atoms with Crippen LogP contribution in [0.1, 0.15) is 36.5 Å². The summed E-state index contributed by atoms with van der Waals surface area (Å²) in [5, 5.41) is 14.9. The standard InChI is InChI=1S/C16H17ClFN5O3/c17-9-1-2-11(19-5-9)8-22-16(26)23-12(3-4-13(24)14(23)20-22)15(25)21-6-10(18)7-21/h1-2,5,10,12-13,24H,3-4,6-8H2. The molecule has 1 amide bonds. The first-order valence-electron chi connectivity index (χ1n) is 8.34. The molecule has 1 saturated heterocycles. The van der Waals surface area contributed by atoms with Crippen LogP contribution >= 0.6 is 11.6 Å². The van der Waals surface area contributed by atoms with Crippen molar-refractivity contribution in [3.05, 3.63) is 45.4 Å². The van der Waals surface area contributed by atoms with Gasteiger partial charge in [0.1, 0.15) is 18.3 Å². The second-order valence-electron chi connectivity index (χ2n) is 6.59. The third-order valence-electron chi connectivity index (χ3n) is 4.75. The second kappa shape index (κ2) is 6.48. The summed E-state index contributed by atoms with van der Waals surface area (Å²) in [6.45, 7) is 0.190. The number of amides is 1. The highest BCUT2D eigenvalue weighted by molar-refractivity contribution is 6.30. The molecule has 2 aromatic heterocycles. The number of nitrogens with zero attached hydrogens (tertiary/aromatic N) is 5. The van der Waals surface area contributed by atoms with Gasteiger partial charge in [0.15, 0.2) is 5.82 Å². The van der Waals surface area contributed by atoms with Crippen LogP contribution in [0, 0.1) is 0 Å². The number of halogens is 2. The van der Waals surface area contributed by atoms with Crippen LogP contribution in [0.4, 0.5) is 4.39 Å². The number of aromatic nitrogens is 4. The van der Waals surface area contributed by atoms with Crippen molar-refractivity contribution in [1.29, 1.82) is 0 Å². The Labute approximate surface area is 152 Å². The molecule has 2 aliphatic rings. The zero-order chi connectivity index (χ0) is 18.4. The molecule has 0 aromatic carbocycles. The number of carbonyl (C=O) groups excluding carboxylic acids is 1. The van der Waals surface area contributed by atoms with Crippen LogP contribution in [0.3, 0.4) is 0 Å². The van der Waals surface area contributed by atoms with E-state index in [1.807, 2.05) is 0 Å². The molecule has 0 saturated carbocycles. The normalized spacial score (nSPS) is 22.8. The molecule has 26 heavy (non-hydrogen) atoms. The van der Waals surface area contributed by atoms with Gasteiger partial charge in [0.2, 0.25) is 5.91 Å². The van der Waals surface area contributed by atoms with E-state index in [0.29, 0.717) is 23.6 Å². The van der Waals surface area contributed by atoms with Gasteiger partial charge in [-0.2, -0.15) is 5.10 Å². The summed E-state index contributed by atoms with van der Waals surface area (Å²) in [4.78, 5) is 30.9. The molecular formula is C16H17ClFN5O3. The monoisotopic (exact) mass is 381 g/mol. The van der Waals surface area contributed by atoms with Gasteiger partial charge in [-0.05, 0) is 25.0 Å². The van der Waals surface area contributed by atoms with Crippen molar-refractivity contribution in [3.8, 4) is 0 Å². The van der Waals surface area contributed by atoms with Gasteiger partial charge in [0.05, 0.1) is 30.4 Å². The van der Waals surface area contributed by atoms with E-state index < -0.39 is 24.0 Å². The lowest BCUT2D eigenvalue weighted by Gasteiger charge is -2.38. The van der Waals surface area contributed by atoms with Gasteiger partial charge >= 0.3 is 5.69 Å².